The fourth-order valence-electron chi connectivity index (χ4n) is 1.78. The number of nitrogens with two attached hydrogens (primary N) is 1. The summed E-state index contributed by atoms with van der Waals surface area (Å²) in [5.41, 5.74) is 1.39. The molecule has 0 aromatic carbocycles. The van der Waals surface area contributed by atoms with Gasteiger partial charge in [-0.2, -0.15) is 0 Å². The van der Waals surface area contributed by atoms with Gasteiger partial charge < -0.3 is 0 Å². The van der Waals surface area contributed by atoms with Gasteiger partial charge in [0, 0.05) is 24.3 Å². The van der Waals surface area contributed by atoms with Crippen molar-refractivity contribution in [3.05, 3.63) is 0 Å². The summed E-state index contributed by atoms with van der Waals surface area (Å²) in [6.07, 6.45) is 0.669. The maximum absolute atomic E-state index is 11.7. The Kier molecular flexibility index (Phi) is 3.87. The molecule has 1 fully saturated rings. The molecule has 17 heavy (non-hydrogen) atoms. The van der Waals surface area contributed by atoms with Crippen LogP contribution in [0.1, 0.15) is 33.6 Å². The van der Waals surface area contributed by atoms with Crippen LogP contribution in [0.25, 0.3) is 0 Å². The van der Waals surface area contributed by atoms with Gasteiger partial charge in [-0.05, 0) is 6.42 Å². The van der Waals surface area contributed by atoms with Gasteiger partial charge in [0.2, 0.25) is 17.7 Å². The van der Waals surface area contributed by atoms with Gasteiger partial charge in [-0.25, -0.2) is 5.84 Å². The zero-order chi connectivity index (χ0) is 13.2. The molecule has 1 aliphatic rings. The molecule has 3 amide bonds. The van der Waals surface area contributed by atoms with Crippen LogP contribution in [0.3, 0.4) is 0 Å². The van der Waals surface area contributed by atoms with E-state index in [2.05, 4.69) is 5.43 Å². The number of likely N-dealkylation sites (tertiary alicyclic amines) is 1. The number of nitrogens with zero attached hydrogens (tertiary/aromatic N) is 1. The minimum Gasteiger partial charge on any atom is -0.294 e. The Morgan fingerprint density at radius 2 is 2.12 bits per heavy atom. The molecule has 6 nitrogen and oxygen atoms in total. The van der Waals surface area contributed by atoms with Crippen molar-refractivity contribution in [2.45, 2.75) is 33.6 Å². The quantitative estimate of drug-likeness (QED) is 0.308. The topological polar surface area (TPSA) is 92.5 Å². The Balaban J connectivity index is 2.59. The summed E-state index contributed by atoms with van der Waals surface area (Å²) in [5.74, 6) is 4.21. The minimum atomic E-state index is -0.693. The van der Waals surface area contributed by atoms with Gasteiger partial charge in [0.25, 0.3) is 0 Å². The average Bonchev–Trinajstić information content (AvgIpc) is 2.50. The third kappa shape index (κ3) is 2.82. The third-order valence-corrected chi connectivity index (χ3v) is 3.18. The Bertz CT molecular complexity index is 352. The molecule has 1 unspecified atom stereocenters. The molecule has 1 rings (SSSR count). The zero-order valence-corrected chi connectivity index (χ0v) is 10.4. The van der Waals surface area contributed by atoms with E-state index in [4.69, 9.17) is 5.84 Å². The number of hydrazine groups is 1. The van der Waals surface area contributed by atoms with Crippen molar-refractivity contribution in [3.8, 4) is 0 Å². The predicted molar refractivity (Wildman–Crippen MR) is 61.2 cm³/mol. The number of rotatable bonds is 4. The van der Waals surface area contributed by atoms with E-state index in [1.807, 2.05) is 0 Å². The van der Waals surface area contributed by atoms with Crippen LogP contribution in [-0.4, -0.2) is 29.2 Å². The fraction of sp³-hybridized carbons (Fsp3) is 0.727. The first-order valence-electron chi connectivity index (χ1n) is 5.65. The fourth-order valence-corrected chi connectivity index (χ4v) is 1.78. The lowest BCUT2D eigenvalue weighted by atomic mass is 9.88. The van der Waals surface area contributed by atoms with Gasteiger partial charge in [-0.1, -0.05) is 20.8 Å². The van der Waals surface area contributed by atoms with Crippen molar-refractivity contribution >= 4 is 17.7 Å². The molecule has 0 aromatic heterocycles. The highest BCUT2D eigenvalue weighted by Crippen LogP contribution is 2.24. The minimum absolute atomic E-state index is 0.154. The van der Waals surface area contributed by atoms with Crippen LogP contribution < -0.4 is 11.3 Å². The maximum Gasteiger partial charge on any atom is 0.239 e. The Morgan fingerprint density at radius 1 is 1.53 bits per heavy atom. The van der Waals surface area contributed by atoms with Gasteiger partial charge in [-0.3, -0.25) is 24.7 Å². The molecule has 0 bridgehead atoms. The molecule has 1 aliphatic heterocycles. The summed E-state index contributed by atoms with van der Waals surface area (Å²) in [7, 11) is 0. The van der Waals surface area contributed by atoms with Gasteiger partial charge in [-0.15, -0.1) is 0 Å². The van der Waals surface area contributed by atoms with Crippen LogP contribution in [-0.2, 0) is 14.4 Å². The molecule has 1 atom stereocenters. The summed E-state index contributed by atoms with van der Waals surface area (Å²) >= 11 is 0. The van der Waals surface area contributed by atoms with Crippen molar-refractivity contribution in [1.82, 2.24) is 10.3 Å². The average molecular weight is 241 g/mol. The van der Waals surface area contributed by atoms with E-state index < -0.39 is 5.41 Å². The second-order valence-electron chi connectivity index (χ2n) is 5.10. The summed E-state index contributed by atoms with van der Waals surface area (Å²) in [6, 6.07) is 0. The molecule has 6 heteroatoms. The van der Waals surface area contributed by atoms with Crippen LogP contribution in [0.4, 0.5) is 0 Å². The first kappa shape index (κ1) is 13.6. The number of amides is 3. The normalized spacial score (nSPS) is 20.9. The monoisotopic (exact) mass is 241 g/mol. The highest BCUT2D eigenvalue weighted by atomic mass is 16.2. The Morgan fingerprint density at radius 3 is 2.53 bits per heavy atom. The lowest BCUT2D eigenvalue weighted by molar-refractivity contribution is -0.141. The summed E-state index contributed by atoms with van der Waals surface area (Å²) in [4.78, 5) is 35.9. The molecule has 3 N–H and O–H groups in total. The molecule has 1 saturated heterocycles. The third-order valence-electron chi connectivity index (χ3n) is 3.18. The highest BCUT2D eigenvalue weighted by Gasteiger charge is 2.37. The molecule has 0 aromatic rings. The second-order valence-corrected chi connectivity index (χ2v) is 5.10. The van der Waals surface area contributed by atoms with Crippen LogP contribution in [0.15, 0.2) is 0 Å². The lowest BCUT2D eigenvalue weighted by Gasteiger charge is -2.24. The van der Waals surface area contributed by atoms with Crippen LogP contribution >= 0.6 is 0 Å². The van der Waals surface area contributed by atoms with E-state index in [0.717, 1.165) is 0 Å². The van der Waals surface area contributed by atoms with E-state index in [1.165, 1.54) is 4.90 Å². The smallest absolute Gasteiger partial charge is 0.239 e. The number of hydrogen-bond donors (Lipinski definition) is 2. The molecule has 0 spiro atoms. The van der Waals surface area contributed by atoms with Crippen LogP contribution in [0, 0.1) is 11.3 Å². The van der Waals surface area contributed by atoms with Gasteiger partial charge in [0.15, 0.2) is 0 Å². The number of carbonyl (C=O) groups is 3. The van der Waals surface area contributed by atoms with Crippen molar-refractivity contribution in [1.29, 1.82) is 0 Å². The number of imide groups is 1. The highest BCUT2D eigenvalue weighted by molar-refractivity contribution is 6.03. The van der Waals surface area contributed by atoms with E-state index in [9.17, 15) is 14.4 Å². The van der Waals surface area contributed by atoms with E-state index in [1.54, 1.807) is 20.8 Å². The molecular weight excluding hydrogens is 222 g/mol. The largest absolute Gasteiger partial charge is 0.294 e. The molecule has 1 heterocycles. The first-order valence-corrected chi connectivity index (χ1v) is 5.65. The van der Waals surface area contributed by atoms with Gasteiger partial charge >= 0.3 is 0 Å². The van der Waals surface area contributed by atoms with Crippen LogP contribution in [0.2, 0.25) is 0 Å². The van der Waals surface area contributed by atoms with E-state index >= 15 is 0 Å². The molecule has 0 radical (unpaired) electrons. The Hall–Kier alpha value is -1.43. The summed E-state index contributed by atoms with van der Waals surface area (Å²) in [5, 5.41) is 0. The van der Waals surface area contributed by atoms with Crippen molar-refractivity contribution in [2.75, 3.05) is 6.54 Å². The first-order chi connectivity index (χ1) is 7.79. The van der Waals surface area contributed by atoms with Crippen molar-refractivity contribution < 1.29 is 14.4 Å². The molecular formula is C11H19N3O3. The maximum atomic E-state index is 11.7. The van der Waals surface area contributed by atoms with Crippen LogP contribution in [0.5, 0.6) is 0 Å². The van der Waals surface area contributed by atoms with Gasteiger partial charge in [0.05, 0.1) is 0 Å². The zero-order valence-electron chi connectivity index (χ0n) is 10.4. The molecule has 0 aliphatic carbocycles. The lowest BCUT2D eigenvalue weighted by Crippen LogP contribution is -2.43. The number of carbonyl (C=O) groups excluding carboxylic acids is 3. The van der Waals surface area contributed by atoms with E-state index in [0.29, 0.717) is 6.42 Å². The standard InChI is InChI=1S/C11H19N3O3/c1-7-6-8(15)14(9(7)16)5-4-11(2,3)10(17)13-12/h7H,4-6,12H2,1-3H3,(H,13,17). The van der Waals surface area contributed by atoms with Crippen molar-refractivity contribution in [3.63, 3.8) is 0 Å². The molecule has 96 valence electrons. The second kappa shape index (κ2) is 4.83. The SMILES string of the molecule is CC1CC(=O)N(CCC(C)(C)C(=O)NN)C1=O. The van der Waals surface area contributed by atoms with Gasteiger partial charge in [0.1, 0.15) is 0 Å². The summed E-state index contributed by atoms with van der Waals surface area (Å²) < 4.78 is 0. The van der Waals surface area contributed by atoms with Crippen molar-refractivity contribution in [2.24, 2.45) is 17.2 Å². The number of hydrogen-bond acceptors (Lipinski definition) is 4. The predicted octanol–water partition coefficient (Wildman–Crippen LogP) is -0.212. The molecule has 0 saturated carbocycles. The Labute approximate surface area is 100 Å². The summed E-state index contributed by atoms with van der Waals surface area (Å²) in [6.45, 7) is 5.45. The number of nitrogens with one attached hydrogen (secondary N) is 1. The van der Waals surface area contributed by atoms with E-state index in [-0.39, 0.29) is 36.6 Å².